The second-order valence-corrected chi connectivity index (χ2v) is 3.95. The summed E-state index contributed by atoms with van der Waals surface area (Å²) in [5.41, 5.74) is -0.0868. The maximum absolute atomic E-state index is 10.8. The van der Waals surface area contributed by atoms with Crippen molar-refractivity contribution in [2.24, 2.45) is 5.92 Å². The average Bonchev–Trinajstić information content (AvgIpc) is 2.01. The molecule has 0 radical (unpaired) electrons. The van der Waals surface area contributed by atoms with Crippen molar-refractivity contribution in [3.8, 4) is 0 Å². The standard InChI is InChI=1S/C8H12N2OS/c1-6(2)5-12-8-9-4-3-7(11)10-8/h3-4,6H,5H2,1-2H3,(H,9,10,11). The Labute approximate surface area is 75.6 Å². The number of nitrogens with zero attached hydrogens (tertiary/aromatic N) is 1. The predicted octanol–water partition coefficient (Wildman–Crippen LogP) is 1.52. The fourth-order valence-electron chi connectivity index (χ4n) is 0.671. The summed E-state index contributed by atoms with van der Waals surface area (Å²) in [7, 11) is 0. The third-order valence-electron chi connectivity index (χ3n) is 1.20. The molecule has 0 spiro atoms. The average molecular weight is 184 g/mol. The largest absolute Gasteiger partial charge is 0.301 e. The lowest BCUT2D eigenvalue weighted by Gasteiger charge is -2.01. The van der Waals surface area contributed by atoms with Gasteiger partial charge in [0, 0.05) is 18.0 Å². The van der Waals surface area contributed by atoms with Crippen molar-refractivity contribution in [1.82, 2.24) is 9.97 Å². The monoisotopic (exact) mass is 184 g/mol. The molecule has 0 saturated carbocycles. The molecule has 0 bridgehead atoms. The summed E-state index contributed by atoms with van der Waals surface area (Å²) in [6, 6.07) is 1.42. The highest BCUT2D eigenvalue weighted by Crippen LogP contribution is 2.13. The van der Waals surface area contributed by atoms with E-state index in [1.807, 2.05) is 0 Å². The van der Waals surface area contributed by atoms with Gasteiger partial charge in [0.25, 0.3) is 5.56 Å². The summed E-state index contributed by atoms with van der Waals surface area (Å²) < 4.78 is 0. The van der Waals surface area contributed by atoms with Crippen molar-refractivity contribution in [3.63, 3.8) is 0 Å². The van der Waals surface area contributed by atoms with Crippen LogP contribution in [-0.2, 0) is 0 Å². The Bertz CT molecular complexity index is 295. The summed E-state index contributed by atoms with van der Waals surface area (Å²) in [5, 5.41) is 0.705. The van der Waals surface area contributed by atoms with E-state index in [9.17, 15) is 4.79 Å². The van der Waals surface area contributed by atoms with Crippen LogP contribution in [0.15, 0.2) is 22.2 Å². The second-order valence-electron chi connectivity index (χ2n) is 2.94. The van der Waals surface area contributed by atoms with E-state index in [2.05, 4.69) is 23.8 Å². The van der Waals surface area contributed by atoms with E-state index in [0.717, 1.165) is 5.75 Å². The fourth-order valence-corrected chi connectivity index (χ4v) is 1.47. The Morgan fingerprint density at radius 1 is 1.67 bits per heavy atom. The van der Waals surface area contributed by atoms with Gasteiger partial charge in [0.2, 0.25) is 0 Å². The molecule has 1 aromatic rings. The lowest BCUT2D eigenvalue weighted by atomic mass is 10.3. The number of hydrogen-bond donors (Lipinski definition) is 1. The quantitative estimate of drug-likeness (QED) is 0.572. The lowest BCUT2D eigenvalue weighted by Crippen LogP contribution is -2.06. The molecule has 1 heterocycles. The molecule has 3 nitrogen and oxygen atoms in total. The van der Waals surface area contributed by atoms with Crippen LogP contribution in [0, 0.1) is 5.92 Å². The van der Waals surface area contributed by atoms with E-state index in [-0.39, 0.29) is 5.56 Å². The molecule has 0 fully saturated rings. The predicted molar refractivity (Wildman–Crippen MR) is 50.4 cm³/mol. The van der Waals surface area contributed by atoms with Gasteiger partial charge in [-0.15, -0.1) is 0 Å². The minimum absolute atomic E-state index is 0.0868. The highest BCUT2D eigenvalue weighted by atomic mass is 32.2. The van der Waals surface area contributed by atoms with Gasteiger partial charge in [-0.1, -0.05) is 25.6 Å². The van der Waals surface area contributed by atoms with Crippen LogP contribution in [-0.4, -0.2) is 15.7 Å². The van der Waals surface area contributed by atoms with Gasteiger partial charge in [-0.2, -0.15) is 0 Å². The first-order chi connectivity index (χ1) is 5.68. The Morgan fingerprint density at radius 2 is 2.42 bits per heavy atom. The van der Waals surface area contributed by atoms with Crippen molar-refractivity contribution >= 4 is 11.8 Å². The zero-order valence-electron chi connectivity index (χ0n) is 7.20. The number of nitrogens with one attached hydrogen (secondary N) is 1. The molecule has 0 amide bonds. The molecule has 1 N–H and O–H groups in total. The number of aromatic amines is 1. The molecule has 1 aromatic heterocycles. The van der Waals surface area contributed by atoms with Crippen LogP contribution in [0.2, 0.25) is 0 Å². The van der Waals surface area contributed by atoms with E-state index in [1.54, 1.807) is 11.8 Å². The van der Waals surface area contributed by atoms with Crippen LogP contribution in [0.5, 0.6) is 0 Å². The Balaban J connectivity index is 2.58. The molecule has 0 aromatic carbocycles. The summed E-state index contributed by atoms with van der Waals surface area (Å²) in [6.45, 7) is 4.27. The summed E-state index contributed by atoms with van der Waals surface area (Å²) in [4.78, 5) is 17.5. The maximum Gasteiger partial charge on any atom is 0.251 e. The molecule has 0 unspecified atom stereocenters. The van der Waals surface area contributed by atoms with Crippen LogP contribution >= 0.6 is 11.8 Å². The smallest absolute Gasteiger partial charge is 0.251 e. The van der Waals surface area contributed by atoms with Gasteiger partial charge in [0.15, 0.2) is 5.16 Å². The van der Waals surface area contributed by atoms with Crippen LogP contribution < -0.4 is 5.56 Å². The zero-order valence-corrected chi connectivity index (χ0v) is 8.02. The van der Waals surface area contributed by atoms with Gasteiger partial charge in [0.1, 0.15) is 0 Å². The number of H-pyrrole nitrogens is 1. The highest BCUT2D eigenvalue weighted by molar-refractivity contribution is 7.99. The molecule has 12 heavy (non-hydrogen) atoms. The Kier molecular flexibility index (Phi) is 3.34. The minimum Gasteiger partial charge on any atom is -0.301 e. The first kappa shape index (κ1) is 9.32. The van der Waals surface area contributed by atoms with E-state index in [4.69, 9.17) is 0 Å². The Morgan fingerprint density at radius 3 is 3.00 bits per heavy atom. The summed E-state index contributed by atoms with van der Waals surface area (Å²) in [5.74, 6) is 1.59. The molecular formula is C8H12N2OS. The van der Waals surface area contributed by atoms with Gasteiger partial charge in [0.05, 0.1) is 0 Å². The van der Waals surface area contributed by atoms with E-state index in [1.165, 1.54) is 12.3 Å². The van der Waals surface area contributed by atoms with Crippen LogP contribution in [0.25, 0.3) is 0 Å². The number of hydrogen-bond acceptors (Lipinski definition) is 3. The molecule has 0 saturated heterocycles. The topological polar surface area (TPSA) is 45.8 Å². The maximum atomic E-state index is 10.8. The van der Waals surface area contributed by atoms with Crippen LogP contribution in [0.3, 0.4) is 0 Å². The van der Waals surface area contributed by atoms with Gasteiger partial charge in [-0.05, 0) is 5.92 Å². The van der Waals surface area contributed by atoms with Crippen molar-refractivity contribution < 1.29 is 0 Å². The first-order valence-electron chi connectivity index (χ1n) is 3.86. The molecule has 66 valence electrons. The van der Waals surface area contributed by atoms with E-state index in [0.29, 0.717) is 11.1 Å². The van der Waals surface area contributed by atoms with Gasteiger partial charge < -0.3 is 4.98 Å². The lowest BCUT2D eigenvalue weighted by molar-refractivity contribution is 0.747. The first-order valence-corrected chi connectivity index (χ1v) is 4.85. The Hall–Kier alpha value is -0.770. The molecule has 0 atom stereocenters. The number of rotatable bonds is 3. The summed E-state index contributed by atoms with van der Waals surface area (Å²) >= 11 is 1.58. The molecule has 0 aliphatic heterocycles. The SMILES string of the molecule is CC(C)CSc1nccc(=O)[nH]1. The van der Waals surface area contributed by atoms with Crippen molar-refractivity contribution in [1.29, 1.82) is 0 Å². The van der Waals surface area contributed by atoms with Crippen LogP contribution in [0.4, 0.5) is 0 Å². The molecule has 0 aliphatic rings. The van der Waals surface area contributed by atoms with Crippen molar-refractivity contribution in [2.45, 2.75) is 19.0 Å². The van der Waals surface area contributed by atoms with E-state index >= 15 is 0 Å². The van der Waals surface area contributed by atoms with E-state index < -0.39 is 0 Å². The zero-order chi connectivity index (χ0) is 8.97. The molecule has 4 heteroatoms. The fraction of sp³-hybridized carbons (Fsp3) is 0.500. The van der Waals surface area contributed by atoms with Gasteiger partial charge in [-0.3, -0.25) is 4.79 Å². The molecule has 1 rings (SSSR count). The van der Waals surface area contributed by atoms with Crippen molar-refractivity contribution in [2.75, 3.05) is 5.75 Å². The normalized spacial score (nSPS) is 10.6. The highest BCUT2D eigenvalue weighted by Gasteiger charge is 1.98. The summed E-state index contributed by atoms with van der Waals surface area (Å²) in [6.07, 6.45) is 1.53. The number of aromatic nitrogens is 2. The van der Waals surface area contributed by atoms with Gasteiger partial charge in [-0.25, -0.2) is 4.98 Å². The molecular weight excluding hydrogens is 172 g/mol. The van der Waals surface area contributed by atoms with Crippen molar-refractivity contribution in [3.05, 3.63) is 22.6 Å². The third kappa shape index (κ3) is 3.09. The van der Waals surface area contributed by atoms with Crippen LogP contribution in [0.1, 0.15) is 13.8 Å². The second kappa shape index (κ2) is 4.30. The third-order valence-corrected chi connectivity index (χ3v) is 2.52. The number of thioether (sulfide) groups is 1. The minimum atomic E-state index is -0.0868. The molecule has 0 aliphatic carbocycles. The van der Waals surface area contributed by atoms with Gasteiger partial charge >= 0.3 is 0 Å².